The van der Waals surface area contributed by atoms with E-state index in [1.54, 1.807) is 30.0 Å². The number of aryl methyl sites for hydroxylation is 3. The molecule has 2 atom stereocenters. The van der Waals surface area contributed by atoms with Gasteiger partial charge in [0.25, 0.3) is 31.5 Å². The third-order valence-electron chi connectivity index (χ3n) is 12.5. The van der Waals surface area contributed by atoms with Gasteiger partial charge >= 0.3 is 0 Å². The molecule has 0 amide bonds. The first-order valence-electron chi connectivity index (χ1n) is 21.5. The number of nitrogens with one attached hydrogen (secondary N) is 2. The Morgan fingerprint density at radius 1 is 0.707 bits per heavy atom. The minimum Gasteiger partial charge on any atom is -0.376 e. The predicted molar refractivity (Wildman–Crippen MR) is 229 cm³/mol. The molecule has 58 heavy (non-hydrogen) atoms. The van der Waals surface area contributed by atoms with E-state index in [-0.39, 0.29) is 62.6 Å². The lowest BCUT2D eigenvalue weighted by molar-refractivity contribution is -0.000195. The number of hydrogen-bond acceptors (Lipinski definition) is 8. The molecule has 3 saturated carbocycles. The van der Waals surface area contributed by atoms with Gasteiger partial charge in [0.05, 0.1) is 37.5 Å². The van der Waals surface area contributed by atoms with Gasteiger partial charge in [-0.25, -0.2) is 0 Å². The molecule has 0 aromatic carbocycles. The van der Waals surface area contributed by atoms with Gasteiger partial charge in [0.15, 0.2) is 0 Å². The predicted octanol–water partition coefficient (Wildman–Crippen LogP) is 4.78. The zero-order valence-electron chi connectivity index (χ0n) is 36.0. The van der Waals surface area contributed by atoms with E-state index in [0.29, 0.717) is 17.0 Å². The van der Waals surface area contributed by atoms with Crippen molar-refractivity contribution in [2.45, 2.75) is 135 Å². The molecule has 0 saturated heterocycles. The topological polar surface area (TPSA) is 161 Å². The van der Waals surface area contributed by atoms with Crippen molar-refractivity contribution in [1.82, 2.24) is 27.2 Å². The van der Waals surface area contributed by atoms with Gasteiger partial charge in [-0.3, -0.25) is 9.59 Å². The van der Waals surface area contributed by atoms with Gasteiger partial charge in [0.2, 0.25) is 0 Å². The van der Waals surface area contributed by atoms with Crippen LogP contribution in [0.1, 0.15) is 118 Å². The van der Waals surface area contributed by atoms with Crippen LogP contribution in [0, 0.1) is 38.5 Å². The monoisotopic (exact) mass is 850 g/mol. The highest BCUT2D eigenvalue weighted by molar-refractivity contribution is 7.87. The lowest BCUT2D eigenvalue weighted by atomic mass is 9.84. The van der Waals surface area contributed by atoms with E-state index in [9.17, 15) is 26.4 Å². The second kappa shape index (κ2) is 20.9. The summed E-state index contributed by atoms with van der Waals surface area (Å²) in [6, 6.07) is 2.39. The van der Waals surface area contributed by atoms with Gasteiger partial charge in [0, 0.05) is 64.3 Å². The summed E-state index contributed by atoms with van der Waals surface area (Å²) in [5.41, 5.74) is 2.16. The molecule has 3 aliphatic rings. The number of nitrogens with zero attached hydrogens (tertiary/aromatic N) is 4. The molecule has 3 aliphatic carbocycles. The molecule has 0 aliphatic heterocycles. The van der Waals surface area contributed by atoms with Crippen molar-refractivity contribution in [2.75, 3.05) is 54.0 Å². The maximum absolute atomic E-state index is 14.1. The van der Waals surface area contributed by atoms with Crippen molar-refractivity contribution in [2.24, 2.45) is 17.8 Å². The average molecular weight is 851 g/mol. The van der Waals surface area contributed by atoms with Gasteiger partial charge in [-0.2, -0.15) is 34.9 Å². The van der Waals surface area contributed by atoms with E-state index in [1.807, 2.05) is 19.9 Å². The molecule has 3 fully saturated rings. The van der Waals surface area contributed by atoms with Crippen molar-refractivity contribution in [3.63, 3.8) is 0 Å². The minimum absolute atomic E-state index is 0.0123. The van der Waals surface area contributed by atoms with Crippen LogP contribution in [0.2, 0.25) is 0 Å². The second-order valence-electron chi connectivity index (χ2n) is 17.5. The van der Waals surface area contributed by atoms with E-state index in [0.717, 1.165) is 85.1 Å². The van der Waals surface area contributed by atoms with Crippen LogP contribution in [0.15, 0.2) is 34.1 Å². The van der Waals surface area contributed by atoms with Gasteiger partial charge < -0.3 is 18.6 Å². The molecule has 2 unspecified atom stereocenters. The summed E-state index contributed by atoms with van der Waals surface area (Å²) >= 11 is 0. The Kier molecular flexibility index (Phi) is 16.8. The average Bonchev–Trinajstić information content (AvgIpc) is 4.03. The van der Waals surface area contributed by atoms with Gasteiger partial charge in [-0.1, -0.05) is 19.8 Å². The summed E-state index contributed by atoms with van der Waals surface area (Å²) in [6.45, 7) is 7.99. The fourth-order valence-corrected chi connectivity index (χ4v) is 10.4. The highest BCUT2D eigenvalue weighted by Crippen LogP contribution is 2.44. The normalized spacial score (nSPS) is 23.1. The number of hydrogen-bond donors (Lipinski definition) is 2. The Hall–Kier alpha value is -2.44. The largest absolute Gasteiger partial charge is 0.376 e. The summed E-state index contributed by atoms with van der Waals surface area (Å²) < 4.78 is 76.3. The Balaban J connectivity index is 1.25. The minimum atomic E-state index is -4.03. The highest BCUT2D eigenvalue weighted by atomic mass is 32.2. The maximum atomic E-state index is 14.1. The van der Waals surface area contributed by atoms with Crippen molar-refractivity contribution in [3.8, 4) is 0 Å². The maximum Gasteiger partial charge on any atom is 0.279 e. The summed E-state index contributed by atoms with van der Waals surface area (Å²) in [7, 11) is -3.45. The number of rotatable bonds is 22. The van der Waals surface area contributed by atoms with Crippen LogP contribution in [-0.2, 0) is 36.3 Å². The number of ether oxygens (including phenoxy) is 2. The number of aromatic nitrogens is 2. The van der Waals surface area contributed by atoms with Crippen molar-refractivity contribution in [3.05, 3.63) is 67.5 Å². The molecule has 2 heterocycles. The molecular formula is C42H70N6O8S2. The molecule has 2 aromatic heterocycles. The lowest BCUT2D eigenvalue weighted by Crippen LogP contribution is -2.44. The van der Waals surface area contributed by atoms with Crippen LogP contribution in [-0.4, -0.2) is 101 Å². The molecular weight excluding hydrogens is 781 g/mol. The lowest BCUT2D eigenvalue weighted by Gasteiger charge is -2.31. The first kappa shape index (κ1) is 46.6. The quantitative estimate of drug-likeness (QED) is 0.171. The molecule has 328 valence electrons. The Morgan fingerprint density at radius 3 is 1.71 bits per heavy atom. The van der Waals surface area contributed by atoms with Gasteiger partial charge in [-0.15, -0.1) is 0 Å². The highest BCUT2D eigenvalue weighted by Gasteiger charge is 2.34. The number of likely N-dealkylation sites (N-methyl/N-ethyl adjacent to an activating group) is 1. The van der Waals surface area contributed by atoms with Crippen LogP contribution >= 0.6 is 0 Å². The summed E-state index contributed by atoms with van der Waals surface area (Å²) in [5.74, 6) is 2.36. The van der Waals surface area contributed by atoms with Crippen LogP contribution in [0.25, 0.3) is 0 Å². The van der Waals surface area contributed by atoms with E-state index in [1.165, 1.54) is 49.3 Å². The first-order chi connectivity index (χ1) is 27.5. The summed E-state index contributed by atoms with van der Waals surface area (Å²) in [6.07, 6.45) is 17.1. The molecule has 0 bridgehead atoms. The van der Waals surface area contributed by atoms with Crippen LogP contribution in [0.5, 0.6) is 0 Å². The molecule has 5 rings (SSSR count). The summed E-state index contributed by atoms with van der Waals surface area (Å²) in [5, 5.41) is 0. The first-order valence-corrected chi connectivity index (χ1v) is 24.4. The van der Waals surface area contributed by atoms with Crippen LogP contribution in [0.4, 0.5) is 0 Å². The Labute approximate surface area is 347 Å². The van der Waals surface area contributed by atoms with E-state index in [4.69, 9.17) is 9.47 Å². The third kappa shape index (κ3) is 13.0. The standard InChI is InChI=1S/C42H70N6O8S2/c1-8-9-33-10-16-39(17-11-33)55-29-38(24-43-57(51,52)45(5)6)48-27-31(3)23-36(42(48)50)20-21-46(7)58(53,54)44-25-37(47-26-30(2)22-32(4)41(47)49)28-56-40-18-14-35(15-19-40)34-12-13-34/h22-23,26-27,33-35,37-40,43-44H,8-21,24-25,28-29H2,1-7H3. The smallest absolute Gasteiger partial charge is 0.279 e. The van der Waals surface area contributed by atoms with E-state index in [2.05, 4.69) is 16.4 Å². The molecule has 16 heteroatoms. The van der Waals surface area contributed by atoms with Crippen LogP contribution in [0.3, 0.4) is 0 Å². The van der Waals surface area contributed by atoms with Crippen molar-refractivity contribution >= 4 is 20.4 Å². The Morgan fingerprint density at radius 2 is 1.19 bits per heavy atom. The zero-order valence-corrected chi connectivity index (χ0v) is 37.6. The van der Waals surface area contributed by atoms with Crippen molar-refractivity contribution in [1.29, 1.82) is 0 Å². The number of pyridine rings is 2. The second-order valence-corrected chi connectivity index (χ2v) is 21.3. The third-order valence-corrected chi connectivity index (χ3v) is 15.6. The van der Waals surface area contributed by atoms with E-state index >= 15 is 0 Å². The molecule has 2 aromatic rings. The van der Waals surface area contributed by atoms with E-state index < -0.39 is 32.5 Å². The molecule has 2 N–H and O–H groups in total. The summed E-state index contributed by atoms with van der Waals surface area (Å²) in [4.78, 5) is 27.4. The van der Waals surface area contributed by atoms with Crippen molar-refractivity contribution < 1.29 is 26.3 Å². The van der Waals surface area contributed by atoms with Gasteiger partial charge in [-0.05, 0) is 132 Å². The Bertz CT molecular complexity index is 1980. The fraction of sp³-hybridized carbons (Fsp3) is 0.762. The van der Waals surface area contributed by atoms with Crippen LogP contribution < -0.4 is 20.6 Å². The fourth-order valence-electron chi connectivity index (χ4n) is 8.76. The SMILES string of the molecule is CCCC1CCC(OCC(CNS(=O)(=O)N(C)C)n2cc(C)cc(CCN(C)S(=O)(=O)NCC(COC3CCC(C4CC4)CC3)n3cc(C)cc(C)c3=O)c2=O)CC1. The zero-order chi connectivity index (χ0) is 42.2. The molecule has 0 spiro atoms. The molecule has 0 radical (unpaired) electrons. The van der Waals surface area contributed by atoms with Gasteiger partial charge in [0.1, 0.15) is 0 Å². The molecule has 14 nitrogen and oxygen atoms in total.